The van der Waals surface area contributed by atoms with Gasteiger partial charge in [-0.15, -0.1) is 0 Å². The molecule has 6 nitrogen and oxygen atoms in total. The molecule has 7 heteroatoms. The minimum Gasteiger partial charge on any atom is -0.361 e. The van der Waals surface area contributed by atoms with Crippen molar-refractivity contribution in [2.45, 2.75) is 26.4 Å². The van der Waals surface area contributed by atoms with E-state index < -0.39 is 5.91 Å². The van der Waals surface area contributed by atoms with Crippen molar-refractivity contribution in [1.82, 2.24) is 15.5 Å². The van der Waals surface area contributed by atoms with E-state index >= 15 is 0 Å². The Labute approximate surface area is 98.3 Å². The molecule has 16 heavy (non-hydrogen) atoms. The van der Waals surface area contributed by atoms with Crippen molar-refractivity contribution < 1.29 is 9.32 Å². The number of amides is 1. The monoisotopic (exact) mass is 244 g/mol. The first-order chi connectivity index (χ1) is 7.63. The molecule has 3 N–H and O–H groups in total. The van der Waals surface area contributed by atoms with Gasteiger partial charge in [-0.1, -0.05) is 12.1 Å². The first-order valence-corrected chi connectivity index (χ1v) is 6.22. The Morgan fingerprint density at radius 1 is 1.69 bits per heavy atom. The summed E-state index contributed by atoms with van der Waals surface area (Å²) in [6.07, 6.45) is 0. The molecule has 1 aromatic heterocycles. The van der Waals surface area contributed by atoms with Crippen molar-refractivity contribution in [1.29, 1.82) is 0 Å². The summed E-state index contributed by atoms with van der Waals surface area (Å²) < 4.78 is 4.66. The van der Waals surface area contributed by atoms with E-state index in [0.29, 0.717) is 18.4 Å². The maximum atomic E-state index is 10.7. The van der Waals surface area contributed by atoms with Gasteiger partial charge in [-0.25, -0.2) is 0 Å². The number of aromatic nitrogens is 2. The van der Waals surface area contributed by atoms with E-state index in [9.17, 15) is 4.79 Å². The van der Waals surface area contributed by atoms with Gasteiger partial charge in [-0.3, -0.25) is 4.79 Å². The van der Waals surface area contributed by atoms with Crippen molar-refractivity contribution in [3.63, 3.8) is 0 Å². The third-order valence-electron chi connectivity index (χ3n) is 1.86. The van der Waals surface area contributed by atoms with Crippen LogP contribution in [-0.2, 0) is 6.54 Å². The van der Waals surface area contributed by atoms with Gasteiger partial charge in [0.1, 0.15) is 0 Å². The molecule has 0 bridgehead atoms. The lowest BCUT2D eigenvalue weighted by atomic mass is 10.4. The van der Waals surface area contributed by atoms with Gasteiger partial charge in [-0.05, 0) is 12.7 Å². The molecule has 0 saturated heterocycles. The van der Waals surface area contributed by atoms with Crippen LogP contribution < -0.4 is 11.1 Å². The fraction of sp³-hybridized carbons (Fsp3) is 0.667. The maximum absolute atomic E-state index is 10.7. The number of primary amides is 1. The zero-order valence-electron chi connectivity index (χ0n) is 9.40. The third-order valence-corrected chi connectivity index (χ3v) is 3.00. The number of thioether (sulfide) groups is 1. The van der Waals surface area contributed by atoms with Crippen LogP contribution in [0.15, 0.2) is 4.52 Å². The molecular formula is C9H16N4O2S. The molecule has 0 aliphatic rings. The second kappa shape index (κ2) is 6.49. The normalized spacial score (nSPS) is 12.6. The van der Waals surface area contributed by atoms with Gasteiger partial charge in [0.2, 0.25) is 0 Å². The Morgan fingerprint density at radius 2 is 2.44 bits per heavy atom. The average molecular weight is 244 g/mol. The van der Waals surface area contributed by atoms with Crippen molar-refractivity contribution in [3.8, 4) is 0 Å². The van der Waals surface area contributed by atoms with Gasteiger partial charge >= 0.3 is 11.8 Å². The third kappa shape index (κ3) is 4.19. The second-order valence-corrected chi connectivity index (χ2v) is 4.64. The summed E-state index contributed by atoms with van der Waals surface area (Å²) in [5.41, 5.74) is 4.99. The van der Waals surface area contributed by atoms with Crippen molar-refractivity contribution in [2.24, 2.45) is 5.73 Å². The molecule has 1 rings (SSSR count). The van der Waals surface area contributed by atoms with Crippen LogP contribution in [0.1, 0.15) is 30.4 Å². The zero-order chi connectivity index (χ0) is 12.0. The number of nitrogens with zero attached hydrogens (tertiary/aromatic N) is 2. The molecule has 0 radical (unpaired) electrons. The smallest absolute Gasteiger partial charge is 0.315 e. The predicted octanol–water partition coefficient (Wildman–Crippen LogP) is 0.400. The summed E-state index contributed by atoms with van der Waals surface area (Å²) in [5, 5.41) is 6.86. The Bertz CT molecular complexity index is 342. The highest BCUT2D eigenvalue weighted by Crippen LogP contribution is 2.02. The first-order valence-electron chi connectivity index (χ1n) is 5.07. The topological polar surface area (TPSA) is 94.0 Å². The van der Waals surface area contributed by atoms with E-state index in [0.717, 1.165) is 11.5 Å². The number of hydrogen-bond donors (Lipinski definition) is 2. The lowest BCUT2D eigenvalue weighted by molar-refractivity contribution is 0.0958. The Kier molecular flexibility index (Phi) is 5.27. The molecule has 0 saturated carbocycles. The Hall–Kier alpha value is -1.08. The SMILES string of the molecule is CCSCC(C)NCc1noc(C(N)=O)n1. The van der Waals surface area contributed by atoms with Crippen LogP contribution in [0.3, 0.4) is 0 Å². The number of nitrogens with one attached hydrogen (secondary N) is 1. The van der Waals surface area contributed by atoms with Crippen molar-refractivity contribution in [3.05, 3.63) is 11.7 Å². The van der Waals surface area contributed by atoms with Crippen LogP contribution in [0.2, 0.25) is 0 Å². The number of rotatable bonds is 7. The lowest BCUT2D eigenvalue weighted by Gasteiger charge is -2.10. The average Bonchev–Trinajstić information content (AvgIpc) is 2.72. The van der Waals surface area contributed by atoms with E-state index in [4.69, 9.17) is 5.73 Å². The molecule has 1 unspecified atom stereocenters. The number of nitrogens with two attached hydrogens (primary N) is 1. The first kappa shape index (κ1) is 13.0. The highest BCUT2D eigenvalue weighted by atomic mass is 32.2. The van der Waals surface area contributed by atoms with Gasteiger partial charge in [0.25, 0.3) is 0 Å². The van der Waals surface area contributed by atoms with E-state index in [1.807, 2.05) is 11.8 Å². The van der Waals surface area contributed by atoms with Crippen LogP contribution in [0.4, 0.5) is 0 Å². The fourth-order valence-corrected chi connectivity index (χ4v) is 1.75. The van der Waals surface area contributed by atoms with Crippen LogP contribution in [0, 0.1) is 0 Å². The minimum atomic E-state index is -0.701. The highest BCUT2D eigenvalue weighted by Gasteiger charge is 2.11. The predicted molar refractivity (Wildman–Crippen MR) is 62.1 cm³/mol. The van der Waals surface area contributed by atoms with E-state index in [1.54, 1.807) is 0 Å². The molecule has 1 aromatic rings. The van der Waals surface area contributed by atoms with Gasteiger partial charge in [0.05, 0.1) is 6.54 Å². The lowest BCUT2D eigenvalue weighted by Crippen LogP contribution is -2.28. The number of carbonyl (C=O) groups excluding carboxylic acids is 1. The molecule has 0 fully saturated rings. The van der Waals surface area contributed by atoms with E-state index in [1.165, 1.54) is 0 Å². The standard InChI is InChI=1S/C9H16N4O2S/c1-3-16-5-6(2)11-4-7-12-9(8(10)14)15-13-7/h6,11H,3-5H2,1-2H3,(H2,10,14). The molecule has 0 aliphatic carbocycles. The summed E-state index contributed by atoms with van der Waals surface area (Å²) in [6, 6.07) is 0.362. The summed E-state index contributed by atoms with van der Waals surface area (Å²) in [7, 11) is 0. The zero-order valence-corrected chi connectivity index (χ0v) is 10.2. The quantitative estimate of drug-likeness (QED) is 0.721. The summed E-state index contributed by atoms with van der Waals surface area (Å²) >= 11 is 1.86. The Morgan fingerprint density at radius 3 is 3.00 bits per heavy atom. The second-order valence-electron chi connectivity index (χ2n) is 3.32. The van der Waals surface area contributed by atoms with Gasteiger partial charge < -0.3 is 15.6 Å². The molecule has 1 heterocycles. The van der Waals surface area contributed by atoms with Crippen LogP contribution in [0.5, 0.6) is 0 Å². The number of carbonyl (C=O) groups is 1. The van der Waals surface area contributed by atoms with Crippen LogP contribution >= 0.6 is 11.8 Å². The van der Waals surface area contributed by atoms with Crippen molar-refractivity contribution in [2.75, 3.05) is 11.5 Å². The molecule has 0 aliphatic heterocycles. The summed E-state index contributed by atoms with van der Waals surface area (Å²) in [5.74, 6) is 1.72. The van der Waals surface area contributed by atoms with E-state index in [-0.39, 0.29) is 5.89 Å². The molecule has 1 amide bonds. The minimum absolute atomic E-state index is 0.146. The molecule has 0 aromatic carbocycles. The molecule has 0 spiro atoms. The summed E-state index contributed by atoms with van der Waals surface area (Å²) in [4.78, 5) is 14.5. The van der Waals surface area contributed by atoms with Crippen LogP contribution in [-0.4, -0.2) is 33.6 Å². The molecule has 90 valence electrons. The van der Waals surface area contributed by atoms with E-state index in [2.05, 4.69) is 33.8 Å². The maximum Gasteiger partial charge on any atom is 0.315 e. The fourth-order valence-electron chi connectivity index (χ4n) is 1.04. The Balaban J connectivity index is 2.33. The van der Waals surface area contributed by atoms with Gasteiger partial charge in [0, 0.05) is 11.8 Å². The van der Waals surface area contributed by atoms with Crippen molar-refractivity contribution >= 4 is 17.7 Å². The molecule has 1 atom stereocenters. The van der Waals surface area contributed by atoms with Crippen LogP contribution in [0.25, 0.3) is 0 Å². The molecular weight excluding hydrogens is 228 g/mol. The summed E-state index contributed by atoms with van der Waals surface area (Å²) in [6.45, 7) is 4.68. The largest absolute Gasteiger partial charge is 0.361 e. The van der Waals surface area contributed by atoms with Gasteiger partial charge in [0.15, 0.2) is 5.82 Å². The van der Waals surface area contributed by atoms with Gasteiger partial charge in [-0.2, -0.15) is 16.7 Å². The highest BCUT2D eigenvalue weighted by molar-refractivity contribution is 7.99. The number of hydrogen-bond acceptors (Lipinski definition) is 6.